The number of rotatable bonds is 5. The van der Waals surface area contributed by atoms with Crippen LogP contribution in [0.15, 0.2) is 35.4 Å². The normalized spacial score (nSPS) is 10.6. The molecule has 0 fully saturated rings. The molecular formula is C13H18N4O. The summed E-state index contributed by atoms with van der Waals surface area (Å²) in [5.74, 6) is 0. The number of nitrogens with one attached hydrogen (secondary N) is 1. The molecule has 0 aliphatic carbocycles. The molecule has 18 heavy (non-hydrogen) atoms. The first kappa shape index (κ1) is 12.4. The highest BCUT2D eigenvalue weighted by atomic mass is 16.1. The molecule has 2 rings (SSSR count). The van der Waals surface area contributed by atoms with Gasteiger partial charge in [-0.2, -0.15) is 5.10 Å². The second-order valence-corrected chi connectivity index (χ2v) is 4.18. The van der Waals surface area contributed by atoms with Crippen LogP contribution in [0.1, 0.15) is 12.6 Å². The Bertz CT molecular complexity index is 570. The summed E-state index contributed by atoms with van der Waals surface area (Å²) in [5.41, 5.74) is 2.13. The number of hydrogen-bond donors (Lipinski definition) is 1. The first-order chi connectivity index (χ1) is 8.70. The van der Waals surface area contributed by atoms with E-state index in [1.54, 1.807) is 27.6 Å². The lowest BCUT2D eigenvalue weighted by Crippen LogP contribution is -2.22. The predicted octanol–water partition coefficient (Wildman–Crippen LogP) is 1.26. The molecular weight excluding hydrogens is 228 g/mol. The van der Waals surface area contributed by atoms with Crippen molar-refractivity contribution in [2.24, 2.45) is 7.05 Å². The van der Waals surface area contributed by atoms with Crippen molar-refractivity contribution in [3.63, 3.8) is 0 Å². The Kier molecular flexibility index (Phi) is 3.82. The maximum absolute atomic E-state index is 11.5. The quantitative estimate of drug-likeness (QED) is 0.864. The van der Waals surface area contributed by atoms with Gasteiger partial charge in [0.25, 0.3) is 5.56 Å². The maximum atomic E-state index is 11.5. The summed E-state index contributed by atoms with van der Waals surface area (Å²) in [5, 5.41) is 7.68. The molecule has 0 atom stereocenters. The Morgan fingerprint density at radius 2 is 2.22 bits per heavy atom. The number of hydrogen-bond acceptors (Lipinski definition) is 3. The van der Waals surface area contributed by atoms with Gasteiger partial charge in [0.2, 0.25) is 0 Å². The fraction of sp³-hybridized carbons (Fsp3) is 0.385. The van der Waals surface area contributed by atoms with Gasteiger partial charge in [0.05, 0.1) is 11.4 Å². The molecule has 0 amide bonds. The minimum Gasteiger partial charge on any atom is -0.380 e. The van der Waals surface area contributed by atoms with Crippen LogP contribution in [0.4, 0.5) is 5.69 Å². The van der Waals surface area contributed by atoms with Crippen LogP contribution in [0.2, 0.25) is 0 Å². The lowest BCUT2D eigenvalue weighted by molar-refractivity contribution is 0.697. The van der Waals surface area contributed by atoms with E-state index in [0.29, 0.717) is 13.1 Å². The molecule has 0 aliphatic heterocycles. The molecule has 0 radical (unpaired) electrons. The fourth-order valence-electron chi connectivity index (χ4n) is 1.90. The molecule has 0 unspecified atom stereocenters. The molecule has 5 heteroatoms. The van der Waals surface area contributed by atoms with E-state index >= 15 is 0 Å². The monoisotopic (exact) mass is 246 g/mol. The van der Waals surface area contributed by atoms with Crippen molar-refractivity contribution in [1.82, 2.24) is 14.3 Å². The topological polar surface area (TPSA) is 51.9 Å². The standard InChI is InChI=1S/C13H18N4O/c1-3-11-12(10-16(2)15-11)14-7-9-17-8-5-4-6-13(17)18/h4-6,8,10,14H,3,7,9H2,1-2H3. The van der Waals surface area contributed by atoms with E-state index in [0.717, 1.165) is 17.8 Å². The van der Waals surface area contributed by atoms with E-state index < -0.39 is 0 Å². The Morgan fingerprint density at radius 3 is 2.94 bits per heavy atom. The van der Waals surface area contributed by atoms with Crippen LogP contribution in [0.25, 0.3) is 0 Å². The van der Waals surface area contributed by atoms with E-state index in [1.165, 1.54) is 0 Å². The van der Waals surface area contributed by atoms with Crippen LogP contribution in [0.3, 0.4) is 0 Å². The van der Waals surface area contributed by atoms with E-state index in [1.807, 2.05) is 19.3 Å². The van der Waals surface area contributed by atoms with Crippen LogP contribution in [0, 0.1) is 0 Å². The smallest absolute Gasteiger partial charge is 0.250 e. The third kappa shape index (κ3) is 2.80. The number of anilines is 1. The minimum absolute atomic E-state index is 0.0289. The molecule has 0 aliphatic rings. The third-order valence-corrected chi connectivity index (χ3v) is 2.81. The van der Waals surface area contributed by atoms with Gasteiger partial charge in [-0.05, 0) is 12.5 Å². The lowest BCUT2D eigenvalue weighted by Gasteiger charge is -2.07. The van der Waals surface area contributed by atoms with E-state index in [4.69, 9.17) is 0 Å². The van der Waals surface area contributed by atoms with Gasteiger partial charge in [-0.1, -0.05) is 13.0 Å². The van der Waals surface area contributed by atoms with Crippen molar-refractivity contribution in [3.05, 3.63) is 46.6 Å². The zero-order valence-electron chi connectivity index (χ0n) is 10.8. The Hall–Kier alpha value is -2.04. The van der Waals surface area contributed by atoms with Crippen molar-refractivity contribution in [3.8, 4) is 0 Å². The van der Waals surface area contributed by atoms with Gasteiger partial charge in [0.1, 0.15) is 0 Å². The van der Waals surface area contributed by atoms with Crippen molar-refractivity contribution < 1.29 is 0 Å². The van der Waals surface area contributed by atoms with Gasteiger partial charge < -0.3 is 9.88 Å². The zero-order chi connectivity index (χ0) is 13.0. The SMILES string of the molecule is CCc1nn(C)cc1NCCn1ccccc1=O. The van der Waals surface area contributed by atoms with E-state index in [-0.39, 0.29) is 5.56 Å². The Balaban J connectivity index is 1.96. The summed E-state index contributed by atoms with van der Waals surface area (Å²) >= 11 is 0. The molecule has 0 aromatic carbocycles. The summed E-state index contributed by atoms with van der Waals surface area (Å²) in [7, 11) is 1.91. The van der Waals surface area contributed by atoms with Gasteiger partial charge in [0.15, 0.2) is 0 Å². The van der Waals surface area contributed by atoms with Gasteiger partial charge in [-0.25, -0.2) is 0 Å². The largest absolute Gasteiger partial charge is 0.380 e. The molecule has 0 saturated carbocycles. The van der Waals surface area contributed by atoms with Crippen LogP contribution in [0.5, 0.6) is 0 Å². The molecule has 0 bridgehead atoms. The first-order valence-corrected chi connectivity index (χ1v) is 6.12. The third-order valence-electron chi connectivity index (χ3n) is 2.81. The highest BCUT2D eigenvalue weighted by Crippen LogP contribution is 2.12. The van der Waals surface area contributed by atoms with Crippen molar-refractivity contribution >= 4 is 5.69 Å². The molecule has 2 aromatic heterocycles. The molecule has 0 saturated heterocycles. The molecule has 1 N–H and O–H groups in total. The molecule has 0 spiro atoms. The average Bonchev–Trinajstić information content (AvgIpc) is 2.72. The summed E-state index contributed by atoms with van der Waals surface area (Å²) < 4.78 is 3.49. The summed E-state index contributed by atoms with van der Waals surface area (Å²) in [6.07, 6.45) is 4.66. The molecule has 96 valence electrons. The van der Waals surface area contributed by atoms with Gasteiger partial charge >= 0.3 is 0 Å². The molecule has 5 nitrogen and oxygen atoms in total. The molecule has 2 aromatic rings. The maximum Gasteiger partial charge on any atom is 0.250 e. The Morgan fingerprint density at radius 1 is 1.39 bits per heavy atom. The fourth-order valence-corrected chi connectivity index (χ4v) is 1.90. The van der Waals surface area contributed by atoms with Crippen molar-refractivity contribution in [2.75, 3.05) is 11.9 Å². The van der Waals surface area contributed by atoms with E-state index in [9.17, 15) is 4.79 Å². The van der Waals surface area contributed by atoms with Gasteiger partial charge in [0, 0.05) is 38.6 Å². The van der Waals surface area contributed by atoms with Crippen LogP contribution in [-0.2, 0) is 20.0 Å². The van der Waals surface area contributed by atoms with Crippen LogP contribution in [-0.4, -0.2) is 20.9 Å². The number of aromatic nitrogens is 3. The Labute approximate surface area is 106 Å². The summed E-state index contributed by atoms with van der Waals surface area (Å²) in [4.78, 5) is 11.5. The highest BCUT2D eigenvalue weighted by Gasteiger charge is 2.04. The van der Waals surface area contributed by atoms with Crippen molar-refractivity contribution in [1.29, 1.82) is 0 Å². The van der Waals surface area contributed by atoms with Crippen LogP contribution >= 0.6 is 0 Å². The number of aryl methyl sites for hydroxylation is 2. The van der Waals surface area contributed by atoms with Crippen LogP contribution < -0.4 is 10.9 Å². The lowest BCUT2D eigenvalue weighted by atomic mass is 10.3. The number of nitrogens with zero attached hydrogens (tertiary/aromatic N) is 3. The summed E-state index contributed by atoms with van der Waals surface area (Å²) in [6, 6.07) is 5.19. The average molecular weight is 246 g/mol. The number of pyridine rings is 1. The summed E-state index contributed by atoms with van der Waals surface area (Å²) in [6.45, 7) is 3.44. The van der Waals surface area contributed by atoms with Gasteiger partial charge in [-0.3, -0.25) is 9.48 Å². The second kappa shape index (κ2) is 5.53. The van der Waals surface area contributed by atoms with E-state index in [2.05, 4.69) is 17.3 Å². The second-order valence-electron chi connectivity index (χ2n) is 4.18. The highest BCUT2D eigenvalue weighted by molar-refractivity contribution is 5.46. The van der Waals surface area contributed by atoms with Crippen molar-refractivity contribution in [2.45, 2.75) is 19.9 Å². The zero-order valence-corrected chi connectivity index (χ0v) is 10.8. The predicted molar refractivity (Wildman–Crippen MR) is 71.8 cm³/mol. The van der Waals surface area contributed by atoms with Gasteiger partial charge in [-0.15, -0.1) is 0 Å². The molecule has 2 heterocycles. The first-order valence-electron chi connectivity index (χ1n) is 6.12. The minimum atomic E-state index is 0.0289.